The molecule has 3 heteroatoms. The van der Waals surface area contributed by atoms with Gasteiger partial charge < -0.3 is 13.4 Å². The molecule has 1 unspecified atom stereocenters. The lowest BCUT2D eigenvalue weighted by Gasteiger charge is -2.38. The molecule has 0 N–H and O–H groups in total. The maximum absolute atomic E-state index is 6.29. The van der Waals surface area contributed by atoms with E-state index >= 15 is 0 Å². The van der Waals surface area contributed by atoms with Crippen LogP contribution in [0.1, 0.15) is 65.5 Å². The van der Waals surface area contributed by atoms with Gasteiger partial charge in [0.2, 0.25) is 0 Å². The van der Waals surface area contributed by atoms with Gasteiger partial charge in [0.15, 0.2) is 0 Å². The van der Waals surface area contributed by atoms with Crippen molar-refractivity contribution >= 4 is 21.8 Å². The van der Waals surface area contributed by atoms with E-state index in [2.05, 4.69) is 92.9 Å². The van der Waals surface area contributed by atoms with Crippen LogP contribution in [0.2, 0.25) is 0 Å². The van der Waals surface area contributed by atoms with E-state index in [0.717, 1.165) is 17.9 Å². The van der Waals surface area contributed by atoms with Gasteiger partial charge in [-0.2, -0.15) is 0 Å². The molecule has 3 nitrogen and oxygen atoms in total. The minimum absolute atomic E-state index is 0.448. The Hall–Kier alpha value is -3.98. The monoisotopic (exact) mass is 471 g/mol. The molecule has 1 atom stereocenters. The highest BCUT2D eigenvalue weighted by Gasteiger charge is 2.49. The molecule has 36 heavy (non-hydrogen) atoms. The summed E-state index contributed by atoms with van der Waals surface area (Å²) in [6.45, 7) is 8.91. The maximum atomic E-state index is 6.29. The lowest BCUT2D eigenvalue weighted by Crippen LogP contribution is -2.35. The molecule has 6 aromatic rings. The van der Waals surface area contributed by atoms with Crippen LogP contribution in [-0.2, 0) is 5.41 Å². The summed E-state index contributed by atoms with van der Waals surface area (Å²) in [5, 5.41) is 2.55. The van der Waals surface area contributed by atoms with Crippen molar-refractivity contribution in [2.45, 2.75) is 45.4 Å². The van der Waals surface area contributed by atoms with Crippen LogP contribution in [0.4, 0.5) is 0 Å². The highest BCUT2D eigenvalue weighted by Crippen LogP contribution is 2.55. The summed E-state index contributed by atoms with van der Waals surface area (Å²) in [5.74, 6) is 2.20. The Labute approximate surface area is 211 Å². The van der Waals surface area contributed by atoms with E-state index in [9.17, 15) is 0 Å². The third kappa shape index (κ3) is 2.63. The lowest BCUT2D eigenvalue weighted by molar-refractivity contribution is 0.397. The Balaban J connectivity index is 1.77. The van der Waals surface area contributed by atoms with Crippen molar-refractivity contribution in [1.82, 2.24) is 4.57 Å². The minimum Gasteiger partial charge on any atom is -0.468 e. The molecule has 0 fully saturated rings. The van der Waals surface area contributed by atoms with Gasteiger partial charge in [0, 0.05) is 21.9 Å². The van der Waals surface area contributed by atoms with Crippen LogP contribution < -0.4 is 0 Å². The van der Waals surface area contributed by atoms with Gasteiger partial charge in [0.25, 0.3) is 0 Å². The van der Waals surface area contributed by atoms with Crippen molar-refractivity contribution in [1.29, 1.82) is 0 Å². The van der Waals surface area contributed by atoms with Crippen molar-refractivity contribution in [3.8, 4) is 5.69 Å². The molecule has 0 bridgehead atoms. The fraction of sp³-hybridized carbons (Fsp3) is 0.212. The number of hydrogen-bond donors (Lipinski definition) is 0. The van der Waals surface area contributed by atoms with Gasteiger partial charge in [-0.15, -0.1) is 0 Å². The number of aryl methyl sites for hydroxylation is 2. The van der Waals surface area contributed by atoms with Crippen molar-refractivity contribution in [3.05, 3.63) is 125 Å². The van der Waals surface area contributed by atoms with Crippen molar-refractivity contribution in [3.63, 3.8) is 0 Å². The Bertz CT molecular complexity index is 1720. The van der Waals surface area contributed by atoms with Crippen LogP contribution in [-0.4, -0.2) is 4.57 Å². The van der Waals surface area contributed by atoms with Crippen LogP contribution in [0.5, 0.6) is 0 Å². The lowest BCUT2D eigenvalue weighted by atomic mass is 9.67. The molecule has 3 aromatic heterocycles. The molecule has 0 aliphatic carbocycles. The molecule has 0 radical (unpaired) electrons. The first kappa shape index (κ1) is 21.3. The zero-order valence-corrected chi connectivity index (χ0v) is 21.1. The second-order valence-electron chi connectivity index (χ2n) is 10.4. The first-order valence-corrected chi connectivity index (χ1v) is 12.8. The van der Waals surface area contributed by atoms with Crippen LogP contribution in [0.3, 0.4) is 0 Å². The molecular weight excluding hydrogens is 442 g/mol. The number of rotatable bonds is 4. The number of hydrogen-bond acceptors (Lipinski definition) is 2. The maximum Gasteiger partial charge on any atom is 0.140 e. The van der Waals surface area contributed by atoms with Gasteiger partial charge in [-0.1, -0.05) is 49.2 Å². The molecule has 4 heterocycles. The van der Waals surface area contributed by atoms with E-state index in [0.29, 0.717) is 5.92 Å². The highest BCUT2D eigenvalue weighted by atomic mass is 16.3. The quantitative estimate of drug-likeness (QED) is 0.257. The Kier molecular flexibility index (Phi) is 4.45. The summed E-state index contributed by atoms with van der Waals surface area (Å²) < 4.78 is 15.0. The molecule has 7 rings (SSSR count). The second-order valence-corrected chi connectivity index (χ2v) is 10.4. The summed E-state index contributed by atoms with van der Waals surface area (Å²) in [5.41, 5.74) is 9.14. The smallest absolute Gasteiger partial charge is 0.140 e. The van der Waals surface area contributed by atoms with Crippen LogP contribution >= 0.6 is 0 Å². The number of benzene rings is 3. The topological polar surface area (TPSA) is 31.2 Å². The molecule has 3 aromatic carbocycles. The van der Waals surface area contributed by atoms with E-state index in [-0.39, 0.29) is 0 Å². The Morgan fingerprint density at radius 3 is 2.17 bits per heavy atom. The molecule has 0 saturated heterocycles. The van der Waals surface area contributed by atoms with Crippen LogP contribution in [0, 0.1) is 13.8 Å². The fourth-order valence-electron chi connectivity index (χ4n) is 6.31. The average Bonchev–Trinajstić information content (AvgIpc) is 3.66. The number of fused-ring (bicyclic) bond motifs is 5. The van der Waals surface area contributed by atoms with Crippen LogP contribution in [0.15, 0.2) is 94.2 Å². The van der Waals surface area contributed by atoms with E-state index < -0.39 is 5.41 Å². The van der Waals surface area contributed by atoms with Crippen molar-refractivity contribution in [2.75, 3.05) is 0 Å². The molecule has 0 spiro atoms. The molecule has 1 aliphatic heterocycles. The van der Waals surface area contributed by atoms with E-state index in [1.165, 1.54) is 55.3 Å². The van der Waals surface area contributed by atoms with E-state index in [1.54, 1.807) is 12.5 Å². The van der Waals surface area contributed by atoms with Gasteiger partial charge in [0.05, 0.1) is 29.2 Å². The number of nitrogens with zero attached hydrogens (tertiary/aromatic N) is 1. The van der Waals surface area contributed by atoms with E-state index in [4.69, 9.17) is 8.83 Å². The summed E-state index contributed by atoms with van der Waals surface area (Å²) in [6, 6.07) is 26.6. The van der Waals surface area contributed by atoms with Crippen molar-refractivity contribution < 1.29 is 8.83 Å². The summed E-state index contributed by atoms with van der Waals surface area (Å²) >= 11 is 0. The standard InChI is InChI=1S/C33H29NO2/c1-5-22(4)23-11-13-29-26(19-23)33(30-8-6-14-35-30,31-9-7-15-36-31)27-18-21(3)17-25-24-16-20(2)10-12-28(24)34(29)32(25)27/h6-19,22H,5H2,1-4H3. The summed E-state index contributed by atoms with van der Waals surface area (Å²) in [7, 11) is 0. The largest absolute Gasteiger partial charge is 0.468 e. The summed E-state index contributed by atoms with van der Waals surface area (Å²) in [6.07, 6.45) is 4.64. The number of aromatic nitrogens is 1. The highest BCUT2D eigenvalue weighted by molar-refractivity contribution is 6.12. The fourth-order valence-corrected chi connectivity index (χ4v) is 6.31. The van der Waals surface area contributed by atoms with Gasteiger partial charge >= 0.3 is 0 Å². The van der Waals surface area contributed by atoms with Gasteiger partial charge in [0.1, 0.15) is 16.9 Å². The molecule has 178 valence electrons. The second kappa shape index (κ2) is 7.51. The predicted molar refractivity (Wildman–Crippen MR) is 145 cm³/mol. The first-order valence-electron chi connectivity index (χ1n) is 12.8. The predicted octanol–water partition coefficient (Wildman–Crippen LogP) is 8.80. The van der Waals surface area contributed by atoms with Gasteiger partial charge in [-0.05, 0) is 80.3 Å². The zero-order chi connectivity index (χ0) is 24.6. The minimum atomic E-state index is -0.699. The molecule has 0 saturated carbocycles. The summed E-state index contributed by atoms with van der Waals surface area (Å²) in [4.78, 5) is 0. The van der Waals surface area contributed by atoms with E-state index in [1.807, 2.05) is 12.1 Å². The van der Waals surface area contributed by atoms with Crippen molar-refractivity contribution in [2.24, 2.45) is 0 Å². The van der Waals surface area contributed by atoms with Gasteiger partial charge in [-0.25, -0.2) is 0 Å². The third-order valence-electron chi connectivity index (χ3n) is 8.19. The zero-order valence-electron chi connectivity index (χ0n) is 21.1. The molecule has 0 amide bonds. The third-order valence-corrected chi connectivity index (χ3v) is 8.19. The molecule has 1 aliphatic rings. The molecular formula is C33H29NO2. The van der Waals surface area contributed by atoms with Crippen LogP contribution in [0.25, 0.3) is 27.5 Å². The van der Waals surface area contributed by atoms with Gasteiger partial charge in [-0.3, -0.25) is 0 Å². The normalized spacial score (nSPS) is 14.9. The first-order chi connectivity index (χ1) is 17.5. The SMILES string of the molecule is CCC(C)c1ccc2c(c1)C(c1ccco1)(c1ccco1)c1cc(C)cc3c4cc(C)ccc4n-2c13. The average molecular weight is 472 g/mol. The Morgan fingerprint density at radius 1 is 0.778 bits per heavy atom. The number of furan rings is 2. The Morgan fingerprint density at radius 2 is 1.50 bits per heavy atom.